The number of anilines is 1. The average molecular weight is 426 g/mol. The quantitative estimate of drug-likeness (QED) is 0.567. The molecule has 8 heteroatoms. The first-order chi connectivity index (χ1) is 14.4. The van der Waals surface area contributed by atoms with Crippen LogP contribution in [0.3, 0.4) is 0 Å². The number of hydrogen-bond acceptors (Lipinski definition) is 5. The molecule has 2 heterocycles. The molecular weight excluding hydrogens is 406 g/mol. The molecule has 0 saturated carbocycles. The third kappa shape index (κ3) is 3.45. The zero-order valence-electron chi connectivity index (χ0n) is 16.3. The fourth-order valence-corrected chi connectivity index (χ4v) is 4.18. The van der Waals surface area contributed by atoms with Crippen molar-refractivity contribution < 1.29 is 19.2 Å². The van der Waals surface area contributed by atoms with Crippen LogP contribution in [0.1, 0.15) is 50.2 Å². The standard InChI is InChI=1S/C22H20ClN3O4/c1-12-9-13(5-6-14(12)10-23)11-24-16-4-2-3-15-19(16)22(30)26(21(15)29)17-7-8-18(27)25-20(17)28/h2-6,9,17,24H,7-8,10-11H2,1H3,(H,25,27,28). The number of nitrogens with zero attached hydrogens (tertiary/aromatic N) is 1. The number of nitrogens with one attached hydrogen (secondary N) is 2. The summed E-state index contributed by atoms with van der Waals surface area (Å²) in [4.78, 5) is 50.6. The second-order valence-corrected chi connectivity index (χ2v) is 7.69. The maximum atomic E-state index is 13.1. The number of halogens is 1. The van der Waals surface area contributed by atoms with Crippen molar-refractivity contribution in [1.29, 1.82) is 0 Å². The van der Waals surface area contributed by atoms with Gasteiger partial charge in [0.1, 0.15) is 6.04 Å². The van der Waals surface area contributed by atoms with Crippen LogP contribution in [0.2, 0.25) is 0 Å². The molecule has 0 spiro atoms. The molecule has 1 saturated heterocycles. The van der Waals surface area contributed by atoms with Gasteiger partial charge < -0.3 is 5.32 Å². The Balaban J connectivity index is 1.58. The zero-order valence-corrected chi connectivity index (χ0v) is 17.1. The van der Waals surface area contributed by atoms with Gasteiger partial charge in [0.05, 0.1) is 11.1 Å². The van der Waals surface area contributed by atoms with Crippen molar-refractivity contribution in [2.24, 2.45) is 0 Å². The molecule has 2 N–H and O–H groups in total. The Morgan fingerprint density at radius 1 is 1.13 bits per heavy atom. The number of fused-ring (bicyclic) bond motifs is 1. The van der Waals surface area contributed by atoms with E-state index in [2.05, 4.69) is 10.6 Å². The third-order valence-electron chi connectivity index (χ3n) is 5.50. The van der Waals surface area contributed by atoms with E-state index in [0.717, 1.165) is 21.6 Å². The second-order valence-electron chi connectivity index (χ2n) is 7.42. The van der Waals surface area contributed by atoms with Crippen molar-refractivity contribution in [1.82, 2.24) is 10.2 Å². The van der Waals surface area contributed by atoms with E-state index >= 15 is 0 Å². The monoisotopic (exact) mass is 425 g/mol. The fraction of sp³-hybridized carbons (Fsp3) is 0.273. The molecule has 1 atom stereocenters. The van der Waals surface area contributed by atoms with Crippen LogP contribution in [0.25, 0.3) is 0 Å². The molecule has 0 aliphatic carbocycles. The van der Waals surface area contributed by atoms with Crippen LogP contribution in [-0.2, 0) is 22.0 Å². The van der Waals surface area contributed by atoms with Crippen LogP contribution in [0.4, 0.5) is 5.69 Å². The average Bonchev–Trinajstić information content (AvgIpc) is 2.98. The molecule has 1 fully saturated rings. The predicted octanol–water partition coefficient (Wildman–Crippen LogP) is 2.75. The maximum absolute atomic E-state index is 13.1. The summed E-state index contributed by atoms with van der Waals surface area (Å²) in [6.07, 6.45) is 0.220. The lowest BCUT2D eigenvalue weighted by Crippen LogP contribution is -2.54. The van der Waals surface area contributed by atoms with E-state index in [9.17, 15) is 19.2 Å². The summed E-state index contributed by atoms with van der Waals surface area (Å²) in [5.74, 6) is -1.62. The first kappa shape index (κ1) is 20.1. The van der Waals surface area contributed by atoms with E-state index in [1.807, 2.05) is 25.1 Å². The van der Waals surface area contributed by atoms with Gasteiger partial charge >= 0.3 is 0 Å². The Kier molecular flexibility index (Phi) is 5.30. The Morgan fingerprint density at radius 2 is 1.93 bits per heavy atom. The smallest absolute Gasteiger partial charge is 0.264 e. The van der Waals surface area contributed by atoms with Gasteiger partial charge in [0.25, 0.3) is 11.8 Å². The van der Waals surface area contributed by atoms with E-state index in [4.69, 9.17) is 11.6 Å². The molecule has 154 valence electrons. The van der Waals surface area contributed by atoms with Crippen molar-refractivity contribution in [3.8, 4) is 0 Å². The molecule has 4 rings (SSSR count). The normalized spacial score (nSPS) is 18.5. The zero-order chi connectivity index (χ0) is 21.4. The van der Waals surface area contributed by atoms with E-state index in [1.54, 1.807) is 18.2 Å². The van der Waals surface area contributed by atoms with E-state index < -0.39 is 29.7 Å². The number of alkyl halides is 1. The van der Waals surface area contributed by atoms with Crippen LogP contribution >= 0.6 is 11.6 Å². The number of aryl methyl sites for hydroxylation is 1. The van der Waals surface area contributed by atoms with Crippen LogP contribution < -0.4 is 10.6 Å². The molecule has 0 bridgehead atoms. The van der Waals surface area contributed by atoms with Crippen molar-refractivity contribution in [2.75, 3.05) is 5.32 Å². The van der Waals surface area contributed by atoms with Gasteiger partial charge in [0.2, 0.25) is 11.8 Å². The number of carbonyl (C=O) groups is 4. The van der Waals surface area contributed by atoms with Gasteiger partial charge in [0.15, 0.2) is 0 Å². The highest BCUT2D eigenvalue weighted by Gasteiger charge is 2.45. The first-order valence-corrected chi connectivity index (χ1v) is 10.2. The first-order valence-electron chi connectivity index (χ1n) is 9.63. The topological polar surface area (TPSA) is 95.6 Å². The largest absolute Gasteiger partial charge is 0.380 e. The molecule has 1 unspecified atom stereocenters. The van der Waals surface area contributed by atoms with Gasteiger partial charge in [-0.1, -0.05) is 24.3 Å². The van der Waals surface area contributed by atoms with E-state index in [-0.39, 0.29) is 24.0 Å². The van der Waals surface area contributed by atoms with E-state index in [0.29, 0.717) is 18.1 Å². The van der Waals surface area contributed by atoms with E-state index in [1.165, 1.54) is 0 Å². The summed E-state index contributed by atoms with van der Waals surface area (Å²) in [6, 6.07) is 9.98. The molecule has 0 radical (unpaired) electrons. The molecular formula is C22H20ClN3O4. The number of rotatable bonds is 5. The Labute approximate surface area is 178 Å². The summed E-state index contributed by atoms with van der Waals surface area (Å²) in [7, 11) is 0. The SMILES string of the molecule is Cc1cc(CNc2cccc3c2C(=O)N(C2CCC(=O)NC2=O)C3=O)ccc1CCl. The summed E-state index contributed by atoms with van der Waals surface area (Å²) in [6.45, 7) is 2.45. The summed E-state index contributed by atoms with van der Waals surface area (Å²) in [5.41, 5.74) is 4.18. The highest BCUT2D eigenvalue weighted by atomic mass is 35.5. The molecule has 0 aromatic heterocycles. The minimum Gasteiger partial charge on any atom is -0.380 e. The van der Waals surface area contributed by atoms with Crippen LogP contribution in [-0.4, -0.2) is 34.6 Å². The summed E-state index contributed by atoms with van der Waals surface area (Å²) < 4.78 is 0. The van der Waals surface area contributed by atoms with Gasteiger partial charge in [-0.2, -0.15) is 0 Å². The predicted molar refractivity (Wildman–Crippen MR) is 111 cm³/mol. The Morgan fingerprint density at radius 3 is 2.63 bits per heavy atom. The Hall–Kier alpha value is -3.19. The Bertz CT molecular complexity index is 1080. The number of hydrogen-bond donors (Lipinski definition) is 2. The maximum Gasteiger partial charge on any atom is 0.264 e. The number of imide groups is 2. The summed E-state index contributed by atoms with van der Waals surface area (Å²) in [5, 5.41) is 5.43. The van der Waals surface area contributed by atoms with Gasteiger partial charge in [-0.25, -0.2) is 0 Å². The number of amides is 4. The van der Waals surface area contributed by atoms with Gasteiger partial charge in [-0.05, 0) is 42.2 Å². The lowest BCUT2D eigenvalue weighted by Gasteiger charge is -2.27. The van der Waals surface area contributed by atoms with Crippen molar-refractivity contribution in [2.45, 2.75) is 38.2 Å². The van der Waals surface area contributed by atoms with Crippen molar-refractivity contribution in [3.05, 3.63) is 64.2 Å². The lowest BCUT2D eigenvalue weighted by atomic mass is 10.0. The second kappa shape index (κ2) is 7.91. The highest BCUT2D eigenvalue weighted by molar-refractivity contribution is 6.25. The molecule has 2 aromatic rings. The fourth-order valence-electron chi connectivity index (χ4n) is 3.88. The number of carbonyl (C=O) groups excluding carboxylic acids is 4. The minimum absolute atomic E-state index is 0.0898. The third-order valence-corrected chi connectivity index (χ3v) is 5.79. The minimum atomic E-state index is -0.978. The molecule has 7 nitrogen and oxygen atoms in total. The highest BCUT2D eigenvalue weighted by Crippen LogP contribution is 2.32. The van der Waals surface area contributed by atoms with Crippen LogP contribution in [0, 0.1) is 6.92 Å². The van der Waals surface area contributed by atoms with Gasteiger partial charge in [-0.15, -0.1) is 11.6 Å². The number of piperidine rings is 1. The van der Waals surface area contributed by atoms with Crippen molar-refractivity contribution >= 4 is 40.9 Å². The molecule has 2 aliphatic heterocycles. The molecule has 4 amide bonds. The van der Waals surface area contributed by atoms with Gasteiger partial charge in [0, 0.05) is 24.5 Å². The summed E-state index contributed by atoms with van der Waals surface area (Å²) >= 11 is 5.91. The molecule has 30 heavy (non-hydrogen) atoms. The molecule has 2 aliphatic rings. The van der Waals surface area contributed by atoms with Crippen LogP contribution in [0.15, 0.2) is 36.4 Å². The van der Waals surface area contributed by atoms with Gasteiger partial charge in [-0.3, -0.25) is 29.4 Å². The lowest BCUT2D eigenvalue weighted by molar-refractivity contribution is -0.136. The molecule has 2 aromatic carbocycles. The van der Waals surface area contributed by atoms with Crippen LogP contribution in [0.5, 0.6) is 0 Å². The van der Waals surface area contributed by atoms with Crippen molar-refractivity contribution in [3.63, 3.8) is 0 Å². The number of benzene rings is 2.